The van der Waals surface area contributed by atoms with Gasteiger partial charge in [0.15, 0.2) is 0 Å². The van der Waals surface area contributed by atoms with Crippen LogP contribution in [-0.2, 0) is 14.2 Å². The Bertz CT molecular complexity index is 1340. The second kappa shape index (κ2) is 13.7. The van der Waals surface area contributed by atoms with E-state index in [4.69, 9.17) is 14.2 Å². The molecule has 1 N–H and O–H groups in total. The number of hydrogen-bond acceptors (Lipinski definition) is 9. The lowest BCUT2D eigenvalue weighted by molar-refractivity contribution is -0.0618. The average molecular weight is 637 g/mol. The third-order valence-corrected chi connectivity index (χ3v) is 8.70. The average Bonchev–Trinajstić information content (AvgIpc) is 3.72. The zero-order chi connectivity index (χ0) is 33.2. The number of aromatic nitrogens is 2. The molecule has 2 aliphatic heterocycles. The van der Waals surface area contributed by atoms with Gasteiger partial charge >= 0.3 is 12.2 Å². The van der Waals surface area contributed by atoms with Crippen LogP contribution in [0.3, 0.4) is 0 Å². The van der Waals surface area contributed by atoms with Crippen LogP contribution >= 0.6 is 0 Å². The Morgan fingerprint density at radius 1 is 0.978 bits per heavy atom. The number of cyclic esters (lactones) is 1. The number of nitrogens with one attached hydrogen (secondary N) is 1. The van der Waals surface area contributed by atoms with Crippen LogP contribution in [0.2, 0.25) is 0 Å². The molecule has 1 aromatic carbocycles. The lowest BCUT2D eigenvalue weighted by Gasteiger charge is -2.40. The molecule has 3 aliphatic rings. The number of carbonyl (C=O) groups is 2. The largest absolute Gasteiger partial charge is 0.447 e. The zero-order valence-electron chi connectivity index (χ0n) is 28.8. The number of hydrogen-bond donors (Lipinski definition) is 1. The van der Waals surface area contributed by atoms with Crippen molar-refractivity contribution in [2.45, 2.75) is 110 Å². The van der Waals surface area contributed by atoms with E-state index in [1.807, 2.05) is 53.4 Å². The zero-order valence-corrected chi connectivity index (χ0v) is 28.8. The Morgan fingerprint density at radius 3 is 2.24 bits per heavy atom. The predicted octanol–water partition coefficient (Wildman–Crippen LogP) is 6.57. The summed E-state index contributed by atoms with van der Waals surface area (Å²) >= 11 is 0. The van der Waals surface area contributed by atoms with Gasteiger partial charge in [-0.2, -0.15) is 4.98 Å². The van der Waals surface area contributed by atoms with Crippen LogP contribution in [0.25, 0.3) is 0 Å². The fourth-order valence-corrected chi connectivity index (χ4v) is 6.23. The van der Waals surface area contributed by atoms with Crippen molar-refractivity contribution in [2.24, 2.45) is 5.92 Å². The Morgan fingerprint density at radius 2 is 1.63 bits per heavy atom. The molecule has 2 aromatic rings. The van der Waals surface area contributed by atoms with Gasteiger partial charge in [0.05, 0.1) is 17.7 Å². The van der Waals surface area contributed by atoms with Gasteiger partial charge < -0.3 is 24.4 Å². The number of rotatable bonds is 10. The van der Waals surface area contributed by atoms with Crippen LogP contribution in [0.5, 0.6) is 0 Å². The molecule has 2 saturated heterocycles. The van der Waals surface area contributed by atoms with E-state index < -0.39 is 11.7 Å². The summed E-state index contributed by atoms with van der Waals surface area (Å²) in [6.45, 7) is 19.0. The van der Waals surface area contributed by atoms with Crippen LogP contribution in [0.4, 0.5) is 21.4 Å². The molecule has 4 atom stereocenters. The van der Waals surface area contributed by atoms with Crippen molar-refractivity contribution in [3.63, 3.8) is 0 Å². The number of anilines is 2. The summed E-state index contributed by atoms with van der Waals surface area (Å²) < 4.78 is 17.1. The highest BCUT2D eigenvalue weighted by molar-refractivity contribution is 5.89. The fourth-order valence-electron chi connectivity index (χ4n) is 6.23. The van der Waals surface area contributed by atoms with Crippen molar-refractivity contribution < 1.29 is 23.8 Å². The van der Waals surface area contributed by atoms with Gasteiger partial charge in [-0.1, -0.05) is 37.1 Å². The maximum absolute atomic E-state index is 12.7. The molecule has 5 rings (SSSR count). The van der Waals surface area contributed by atoms with Crippen LogP contribution in [0, 0.1) is 5.92 Å². The Hall–Kier alpha value is -3.44. The third-order valence-electron chi connectivity index (χ3n) is 8.70. The highest BCUT2D eigenvalue weighted by atomic mass is 16.6. The first kappa shape index (κ1) is 33.9. The number of nitrogens with zero attached hydrogens (tertiary/aromatic N) is 5. The smallest absolute Gasteiger partial charge is 0.416 e. The summed E-state index contributed by atoms with van der Waals surface area (Å²) in [6, 6.07) is 10.5. The molecular weight excluding hydrogens is 584 g/mol. The molecule has 1 aliphatic carbocycles. The van der Waals surface area contributed by atoms with Gasteiger partial charge in [0.1, 0.15) is 24.1 Å². The minimum Gasteiger partial charge on any atom is -0.447 e. The van der Waals surface area contributed by atoms with Crippen molar-refractivity contribution in [2.75, 3.05) is 43.0 Å². The number of amides is 2. The maximum Gasteiger partial charge on any atom is 0.416 e. The lowest BCUT2D eigenvalue weighted by Crippen LogP contribution is -2.50. The van der Waals surface area contributed by atoms with Gasteiger partial charge in [0, 0.05) is 38.4 Å². The summed E-state index contributed by atoms with van der Waals surface area (Å²) in [4.78, 5) is 40.4. The molecular formula is C35H52N6O5. The quantitative estimate of drug-likeness (QED) is 0.310. The van der Waals surface area contributed by atoms with E-state index in [1.165, 1.54) is 18.4 Å². The predicted molar refractivity (Wildman–Crippen MR) is 178 cm³/mol. The summed E-state index contributed by atoms with van der Waals surface area (Å²) in [5.41, 5.74) is 1.57. The molecule has 252 valence electrons. The second-order valence-corrected chi connectivity index (χ2v) is 14.9. The first-order valence-corrected chi connectivity index (χ1v) is 16.7. The van der Waals surface area contributed by atoms with Crippen LogP contribution < -0.4 is 10.2 Å². The van der Waals surface area contributed by atoms with E-state index in [9.17, 15) is 9.59 Å². The Balaban J connectivity index is 1.23. The Kier molecular flexibility index (Phi) is 10.1. The van der Waals surface area contributed by atoms with Crippen LogP contribution in [0.15, 0.2) is 36.5 Å². The fraction of sp³-hybridized carbons (Fsp3) is 0.657. The van der Waals surface area contributed by atoms with Gasteiger partial charge in [-0.3, -0.25) is 9.80 Å². The topological polar surface area (TPSA) is 109 Å². The van der Waals surface area contributed by atoms with Gasteiger partial charge in [-0.05, 0) is 84.9 Å². The molecule has 2 amide bonds. The van der Waals surface area contributed by atoms with Crippen molar-refractivity contribution in [1.29, 1.82) is 0 Å². The Labute approximate surface area is 274 Å². The minimum atomic E-state index is -0.490. The number of ether oxygens (including phenoxy) is 3. The van der Waals surface area contributed by atoms with E-state index >= 15 is 0 Å². The molecule has 3 heterocycles. The molecule has 11 nitrogen and oxygen atoms in total. The van der Waals surface area contributed by atoms with Crippen molar-refractivity contribution in [1.82, 2.24) is 19.8 Å². The first-order valence-electron chi connectivity index (χ1n) is 16.7. The summed E-state index contributed by atoms with van der Waals surface area (Å²) in [6.07, 6.45) is 4.48. The molecule has 46 heavy (non-hydrogen) atoms. The summed E-state index contributed by atoms with van der Waals surface area (Å²) in [5.74, 6) is 1.69. The summed E-state index contributed by atoms with van der Waals surface area (Å²) in [7, 11) is 0. The van der Waals surface area contributed by atoms with E-state index in [-0.39, 0.29) is 36.5 Å². The minimum absolute atomic E-state index is 0.0620. The van der Waals surface area contributed by atoms with Crippen molar-refractivity contribution in [3.8, 4) is 0 Å². The number of benzene rings is 1. The number of piperazine rings is 1. The third kappa shape index (κ3) is 8.88. The normalized spacial score (nSPS) is 21.5. The molecule has 0 bridgehead atoms. The van der Waals surface area contributed by atoms with Crippen molar-refractivity contribution >= 4 is 24.0 Å². The molecule has 1 saturated carbocycles. The highest BCUT2D eigenvalue weighted by Crippen LogP contribution is 2.40. The van der Waals surface area contributed by atoms with Crippen LogP contribution in [0.1, 0.15) is 97.9 Å². The molecule has 0 radical (unpaired) electrons. The van der Waals surface area contributed by atoms with Crippen LogP contribution in [-0.4, -0.2) is 88.1 Å². The SMILES string of the molecule is C[C@H](Nc1nccc(N2C(=O)OCC2[C@@H](C)OC(C)(C)C)n1)c1ccc(C(CC2CC2)N2CCN(C(=O)OC(C)(C)C)CC2)cc1. The van der Waals surface area contributed by atoms with E-state index in [2.05, 4.69) is 51.4 Å². The van der Waals surface area contributed by atoms with E-state index in [0.29, 0.717) is 30.9 Å². The first-order chi connectivity index (χ1) is 21.7. The number of carbonyl (C=O) groups excluding carboxylic acids is 2. The monoisotopic (exact) mass is 636 g/mol. The van der Waals surface area contributed by atoms with Gasteiger partial charge in [0.2, 0.25) is 5.95 Å². The molecule has 2 unspecified atom stereocenters. The standard InChI is InChI=1S/C35H52N6O5/c1-23(37-31-36-16-15-30(38-31)41-29(22-44-33(41)43)24(2)45-34(3,4)5)26-11-13-27(14-12-26)28(21-25-9-10-25)39-17-19-40(20-18-39)32(42)46-35(6,7)8/h11-16,23-25,28-29H,9-10,17-22H2,1-8H3,(H,36,37,38)/t23-,24+,28?,29?/m0/s1. The molecule has 11 heteroatoms. The highest BCUT2D eigenvalue weighted by Gasteiger charge is 2.40. The maximum atomic E-state index is 12.7. The van der Waals surface area contributed by atoms with E-state index in [0.717, 1.165) is 31.0 Å². The molecule has 1 aromatic heterocycles. The van der Waals surface area contributed by atoms with Crippen molar-refractivity contribution in [3.05, 3.63) is 47.7 Å². The van der Waals surface area contributed by atoms with Gasteiger partial charge in [0.25, 0.3) is 0 Å². The van der Waals surface area contributed by atoms with Gasteiger partial charge in [-0.25, -0.2) is 14.6 Å². The second-order valence-electron chi connectivity index (χ2n) is 14.9. The van der Waals surface area contributed by atoms with Gasteiger partial charge in [-0.15, -0.1) is 0 Å². The molecule has 3 fully saturated rings. The lowest BCUT2D eigenvalue weighted by atomic mass is 9.96. The summed E-state index contributed by atoms with van der Waals surface area (Å²) in [5, 5.41) is 3.41. The van der Waals surface area contributed by atoms with E-state index in [1.54, 1.807) is 17.2 Å². The molecule has 0 spiro atoms.